The number of nitrogens with one attached hydrogen (secondary N) is 2. The summed E-state index contributed by atoms with van der Waals surface area (Å²) in [7, 11) is 1.97. The zero-order valence-electron chi connectivity index (χ0n) is 17.8. The second-order valence-corrected chi connectivity index (χ2v) is 9.46. The van der Waals surface area contributed by atoms with Gasteiger partial charge < -0.3 is 15.5 Å². The minimum atomic E-state index is -0.346. The van der Waals surface area contributed by atoms with Crippen LogP contribution in [0, 0.1) is 5.92 Å². The molecule has 1 aliphatic heterocycles. The number of amides is 2. The fraction of sp³-hybridized carbons (Fsp3) is 0.652. The van der Waals surface area contributed by atoms with Gasteiger partial charge in [0.1, 0.15) is 6.04 Å². The first-order valence-electron chi connectivity index (χ1n) is 10.7. The van der Waals surface area contributed by atoms with Crippen LogP contribution in [0.4, 0.5) is 5.69 Å². The lowest BCUT2D eigenvalue weighted by Gasteiger charge is -2.35. The lowest BCUT2D eigenvalue weighted by Crippen LogP contribution is -2.53. The van der Waals surface area contributed by atoms with E-state index < -0.39 is 0 Å². The van der Waals surface area contributed by atoms with Gasteiger partial charge in [-0.2, -0.15) is 0 Å². The summed E-state index contributed by atoms with van der Waals surface area (Å²) in [5.74, 6) is 0.0797. The molecule has 2 amide bonds. The minimum Gasteiger partial charge on any atom is -0.362 e. The van der Waals surface area contributed by atoms with E-state index in [2.05, 4.69) is 60.6 Å². The summed E-state index contributed by atoms with van der Waals surface area (Å²) in [6, 6.07) is 8.38. The molecular formula is C23H35N3O2. The number of hydrogen-bond donors (Lipinski definition) is 2. The summed E-state index contributed by atoms with van der Waals surface area (Å²) in [5.41, 5.74) is 2.37. The van der Waals surface area contributed by atoms with E-state index in [1.165, 1.54) is 24.8 Å². The van der Waals surface area contributed by atoms with Crippen molar-refractivity contribution in [2.45, 2.75) is 76.8 Å². The van der Waals surface area contributed by atoms with Crippen LogP contribution in [0.25, 0.3) is 0 Å². The fourth-order valence-corrected chi connectivity index (χ4v) is 4.45. The first-order chi connectivity index (χ1) is 13.3. The number of benzene rings is 1. The van der Waals surface area contributed by atoms with Crippen molar-refractivity contribution in [3.63, 3.8) is 0 Å². The van der Waals surface area contributed by atoms with E-state index in [1.54, 1.807) is 0 Å². The largest absolute Gasteiger partial charge is 0.362 e. The van der Waals surface area contributed by atoms with Crippen LogP contribution < -0.4 is 15.5 Å². The van der Waals surface area contributed by atoms with Crippen LogP contribution in [0.2, 0.25) is 0 Å². The highest BCUT2D eigenvalue weighted by Gasteiger charge is 2.37. The lowest BCUT2D eigenvalue weighted by atomic mass is 9.87. The van der Waals surface area contributed by atoms with Crippen molar-refractivity contribution in [2.75, 3.05) is 18.5 Å². The van der Waals surface area contributed by atoms with Gasteiger partial charge in [-0.3, -0.25) is 9.59 Å². The van der Waals surface area contributed by atoms with Gasteiger partial charge in [-0.1, -0.05) is 52.2 Å². The van der Waals surface area contributed by atoms with Gasteiger partial charge in [0.05, 0.1) is 0 Å². The number of carbonyl (C=O) groups excluding carboxylic acids is 2. The molecule has 0 aromatic heterocycles. The summed E-state index contributed by atoms with van der Waals surface area (Å²) in [4.78, 5) is 27.1. The molecule has 28 heavy (non-hydrogen) atoms. The fourth-order valence-electron chi connectivity index (χ4n) is 4.45. The highest BCUT2D eigenvalue weighted by Crippen LogP contribution is 2.28. The van der Waals surface area contributed by atoms with E-state index >= 15 is 0 Å². The van der Waals surface area contributed by atoms with E-state index in [-0.39, 0.29) is 35.2 Å². The van der Waals surface area contributed by atoms with Crippen molar-refractivity contribution >= 4 is 17.5 Å². The van der Waals surface area contributed by atoms with Crippen LogP contribution in [0.5, 0.6) is 0 Å². The molecule has 2 N–H and O–H groups in total. The molecular weight excluding hydrogens is 350 g/mol. The van der Waals surface area contributed by atoms with E-state index in [9.17, 15) is 9.59 Å². The molecule has 154 valence electrons. The molecule has 0 bridgehead atoms. The number of carbonyl (C=O) groups is 2. The van der Waals surface area contributed by atoms with E-state index in [0.29, 0.717) is 13.0 Å². The Labute approximate surface area is 169 Å². The lowest BCUT2D eigenvalue weighted by molar-refractivity contribution is -0.124. The monoisotopic (exact) mass is 385 g/mol. The van der Waals surface area contributed by atoms with Gasteiger partial charge in [-0.05, 0) is 36.0 Å². The molecule has 1 saturated heterocycles. The Balaban J connectivity index is 1.79. The smallest absolute Gasteiger partial charge is 0.243 e. The molecule has 5 nitrogen and oxygen atoms in total. The minimum absolute atomic E-state index is 0.0108. The Kier molecular flexibility index (Phi) is 6.31. The predicted octanol–water partition coefficient (Wildman–Crippen LogP) is 3.37. The Bertz CT molecular complexity index is 687. The standard InChI is InChI=1S/C23H35N3O2/c1-23(2,3)17-10-12-19(13-11-17)26(4)21(16-14-20(27)24-15-16)22(28)25-18-8-6-5-7-9-18/h10-13,16,18,21H,5-9,14-15H2,1-4H3,(H,24,27)(H,25,28). The van der Waals surface area contributed by atoms with Crippen LogP contribution in [0.3, 0.4) is 0 Å². The second kappa shape index (κ2) is 8.54. The third-order valence-electron chi connectivity index (χ3n) is 6.23. The van der Waals surface area contributed by atoms with Crippen molar-refractivity contribution in [1.82, 2.24) is 10.6 Å². The second-order valence-electron chi connectivity index (χ2n) is 9.46. The third-order valence-corrected chi connectivity index (χ3v) is 6.23. The molecule has 2 fully saturated rings. The topological polar surface area (TPSA) is 61.4 Å². The average molecular weight is 386 g/mol. The van der Waals surface area contributed by atoms with Gasteiger partial charge in [-0.25, -0.2) is 0 Å². The average Bonchev–Trinajstić information content (AvgIpc) is 3.08. The number of anilines is 1. The molecule has 1 aromatic carbocycles. The van der Waals surface area contributed by atoms with E-state index in [4.69, 9.17) is 0 Å². The maximum absolute atomic E-state index is 13.3. The zero-order valence-corrected chi connectivity index (χ0v) is 17.8. The molecule has 5 heteroatoms. The van der Waals surface area contributed by atoms with Gasteiger partial charge in [-0.15, -0.1) is 0 Å². The van der Waals surface area contributed by atoms with Gasteiger partial charge in [0, 0.05) is 37.7 Å². The summed E-state index contributed by atoms with van der Waals surface area (Å²) in [6.07, 6.45) is 6.16. The normalized spacial score (nSPS) is 21.9. The number of hydrogen-bond acceptors (Lipinski definition) is 3. The number of rotatable bonds is 5. The van der Waals surface area contributed by atoms with Gasteiger partial charge >= 0.3 is 0 Å². The summed E-state index contributed by atoms with van der Waals surface area (Å²) in [5, 5.41) is 6.18. The molecule has 1 aromatic rings. The van der Waals surface area contributed by atoms with E-state index in [1.807, 2.05) is 7.05 Å². The molecule has 0 radical (unpaired) electrons. The van der Waals surface area contributed by atoms with Crippen molar-refractivity contribution in [3.05, 3.63) is 29.8 Å². The van der Waals surface area contributed by atoms with Gasteiger partial charge in [0.2, 0.25) is 11.8 Å². The summed E-state index contributed by atoms with van der Waals surface area (Å²) in [6.45, 7) is 7.15. The van der Waals surface area contributed by atoms with Crippen molar-refractivity contribution < 1.29 is 9.59 Å². The first-order valence-corrected chi connectivity index (χ1v) is 10.7. The molecule has 1 saturated carbocycles. The maximum atomic E-state index is 13.3. The number of likely N-dealkylation sites (N-methyl/N-ethyl adjacent to an activating group) is 1. The molecule has 2 atom stereocenters. The Hall–Kier alpha value is -2.04. The molecule has 0 spiro atoms. The highest BCUT2D eigenvalue weighted by atomic mass is 16.2. The quantitative estimate of drug-likeness (QED) is 0.817. The number of nitrogens with zero attached hydrogens (tertiary/aromatic N) is 1. The molecule has 2 unspecified atom stereocenters. The van der Waals surface area contributed by atoms with Gasteiger partial charge in [0.25, 0.3) is 0 Å². The summed E-state index contributed by atoms with van der Waals surface area (Å²) >= 11 is 0. The molecule has 2 aliphatic rings. The van der Waals surface area contributed by atoms with Crippen LogP contribution in [0.1, 0.15) is 64.9 Å². The Morgan fingerprint density at radius 3 is 2.32 bits per heavy atom. The maximum Gasteiger partial charge on any atom is 0.243 e. The van der Waals surface area contributed by atoms with Crippen LogP contribution >= 0.6 is 0 Å². The summed E-state index contributed by atoms with van der Waals surface area (Å²) < 4.78 is 0. The van der Waals surface area contributed by atoms with Crippen molar-refractivity contribution in [2.24, 2.45) is 5.92 Å². The van der Waals surface area contributed by atoms with Crippen LogP contribution in [-0.2, 0) is 15.0 Å². The van der Waals surface area contributed by atoms with Crippen LogP contribution in [-0.4, -0.2) is 37.5 Å². The third kappa shape index (κ3) is 4.86. The predicted molar refractivity (Wildman–Crippen MR) is 113 cm³/mol. The van der Waals surface area contributed by atoms with Crippen molar-refractivity contribution in [3.8, 4) is 0 Å². The Morgan fingerprint density at radius 2 is 1.79 bits per heavy atom. The molecule has 1 aliphatic carbocycles. The van der Waals surface area contributed by atoms with Crippen molar-refractivity contribution in [1.29, 1.82) is 0 Å². The zero-order chi connectivity index (χ0) is 20.3. The SMILES string of the molecule is CN(c1ccc(C(C)(C)C)cc1)C(C(=O)NC1CCCCC1)C1CNC(=O)C1. The first kappa shape index (κ1) is 20.7. The molecule has 3 rings (SSSR count). The van der Waals surface area contributed by atoms with E-state index in [0.717, 1.165) is 18.5 Å². The highest BCUT2D eigenvalue weighted by molar-refractivity contribution is 5.88. The van der Waals surface area contributed by atoms with Gasteiger partial charge in [0.15, 0.2) is 0 Å². The molecule has 1 heterocycles. The van der Waals surface area contributed by atoms with Crippen LogP contribution in [0.15, 0.2) is 24.3 Å². The Morgan fingerprint density at radius 1 is 1.14 bits per heavy atom.